The molecule has 0 radical (unpaired) electrons. The van der Waals surface area contributed by atoms with Gasteiger partial charge in [-0.2, -0.15) is 16.8 Å². The van der Waals surface area contributed by atoms with Crippen LogP contribution in [0.1, 0.15) is 132 Å². The molecule has 22 nitrogen and oxygen atoms in total. The van der Waals surface area contributed by atoms with Gasteiger partial charge in [-0.05, 0) is 164 Å². The number of rotatable bonds is 33. The number of unbranched alkanes of at least 4 members (excludes halogenated alkanes) is 2. The van der Waals surface area contributed by atoms with Crippen molar-refractivity contribution in [2.75, 3.05) is 92.3 Å². The van der Waals surface area contributed by atoms with E-state index in [0.717, 1.165) is 57.8 Å². The maximum atomic E-state index is 14.8. The van der Waals surface area contributed by atoms with Crippen LogP contribution in [0.25, 0.3) is 0 Å². The molecule has 5 fully saturated rings. The lowest BCUT2D eigenvalue weighted by molar-refractivity contribution is 0.0566. The van der Waals surface area contributed by atoms with Crippen LogP contribution in [0.15, 0.2) is 48.5 Å². The van der Waals surface area contributed by atoms with Crippen LogP contribution in [0.4, 0.5) is 37.7 Å². The van der Waals surface area contributed by atoms with Crippen molar-refractivity contribution in [1.82, 2.24) is 0 Å². The SMILES string of the molecule is CCCCOS(=O)(=O)C1(C[C@@H](O)COC)CC1.CCCCOS(=O)(=O)C1CC1.COC[C@H](O)CC1(S(=O)(=O)Cl)CC1.COC[C@H]1CO1.COc1cc(F)c(F)c(Cc2ccc(I)cc2F)c1N.COc1cc(F)c(F)c(Cc2ccc(I)cc2F)c1NS(=O)(=O)C1(C[C@@H](O)CO)CC1. The fourth-order valence-corrected chi connectivity index (χ4v) is 16.7. The van der Waals surface area contributed by atoms with Crippen molar-refractivity contribution in [3.05, 3.63) is 113 Å². The third kappa shape index (κ3) is 26.5. The normalized spacial score (nSPS) is 17.7. The fourth-order valence-electron chi connectivity index (χ4n) is 9.58. The van der Waals surface area contributed by atoms with E-state index in [1.807, 2.05) is 59.0 Å². The quantitative estimate of drug-likeness (QED) is 0.00491. The van der Waals surface area contributed by atoms with E-state index in [9.17, 15) is 75.3 Å². The lowest BCUT2D eigenvalue weighted by Crippen LogP contribution is -2.34. The van der Waals surface area contributed by atoms with Crippen LogP contribution in [0, 0.1) is 42.0 Å². The minimum atomic E-state index is -4.19. The van der Waals surface area contributed by atoms with E-state index >= 15 is 0 Å². The van der Waals surface area contributed by atoms with Gasteiger partial charge in [0.1, 0.15) is 34.0 Å². The molecule has 98 heavy (non-hydrogen) atoms. The van der Waals surface area contributed by atoms with E-state index in [2.05, 4.69) is 4.72 Å². The zero-order valence-electron chi connectivity index (χ0n) is 55.4. The van der Waals surface area contributed by atoms with Gasteiger partial charge < -0.3 is 54.6 Å². The first-order valence-electron chi connectivity index (χ1n) is 31.2. The third-order valence-corrected chi connectivity index (χ3v) is 26.0. The lowest BCUT2D eigenvalue weighted by Gasteiger charge is -2.23. The molecule has 1 heterocycles. The number of aliphatic hydroxyl groups excluding tert-OH is 4. The molecule has 4 saturated carbocycles. The van der Waals surface area contributed by atoms with Crippen molar-refractivity contribution in [3.8, 4) is 11.5 Å². The van der Waals surface area contributed by atoms with E-state index < -0.39 is 125 Å². The summed E-state index contributed by atoms with van der Waals surface area (Å²) in [6.45, 7) is 5.94. The minimum absolute atomic E-state index is 0.0237. The first-order valence-corrected chi connectivity index (χ1v) is 40.0. The highest BCUT2D eigenvalue weighted by atomic mass is 127. The number of epoxide rings is 1. The summed E-state index contributed by atoms with van der Waals surface area (Å²) in [5.41, 5.74) is 5.15. The molecule has 4 aromatic rings. The van der Waals surface area contributed by atoms with Gasteiger partial charge in [0.05, 0.1) is 105 Å². The predicted molar refractivity (Wildman–Crippen MR) is 374 cm³/mol. The van der Waals surface area contributed by atoms with E-state index in [4.69, 9.17) is 58.3 Å². The van der Waals surface area contributed by atoms with Gasteiger partial charge in [-0.3, -0.25) is 13.1 Å². The Kier molecular flexibility index (Phi) is 35.3. The molecular weight excluding hydrogens is 1640 g/mol. The molecule has 4 atom stereocenters. The molecule has 1 saturated heterocycles. The number of benzene rings is 4. The minimum Gasteiger partial charge on any atom is -0.494 e. The number of aliphatic hydroxyl groups is 4. The van der Waals surface area contributed by atoms with Gasteiger partial charge in [-0.15, -0.1) is 0 Å². The van der Waals surface area contributed by atoms with Crippen molar-refractivity contribution in [2.45, 2.75) is 167 Å². The Morgan fingerprint density at radius 1 is 0.622 bits per heavy atom. The second kappa shape index (κ2) is 39.6. The Morgan fingerprint density at radius 3 is 1.45 bits per heavy atom. The lowest BCUT2D eigenvalue weighted by atomic mass is 10.0. The number of methoxy groups -OCH3 is 5. The van der Waals surface area contributed by atoms with Gasteiger partial charge in [-0.25, -0.2) is 43.2 Å². The summed E-state index contributed by atoms with van der Waals surface area (Å²) in [4.78, 5) is 0. The van der Waals surface area contributed by atoms with Gasteiger partial charge in [0.2, 0.25) is 19.1 Å². The summed E-state index contributed by atoms with van der Waals surface area (Å²) >= 11 is 3.87. The van der Waals surface area contributed by atoms with Gasteiger partial charge in [0, 0.05) is 75.3 Å². The van der Waals surface area contributed by atoms with Crippen LogP contribution in [-0.2, 0) is 79.5 Å². The molecule has 9 rings (SSSR count). The summed E-state index contributed by atoms with van der Waals surface area (Å²) < 4.78 is 218. The molecule has 0 aromatic heterocycles. The maximum absolute atomic E-state index is 14.8. The van der Waals surface area contributed by atoms with E-state index in [0.29, 0.717) is 51.6 Å². The van der Waals surface area contributed by atoms with Crippen molar-refractivity contribution >= 4 is 107 Å². The van der Waals surface area contributed by atoms with Crippen LogP contribution >= 0.6 is 55.9 Å². The molecule has 4 aliphatic carbocycles. The van der Waals surface area contributed by atoms with Crippen molar-refractivity contribution < 1.29 is 117 Å². The van der Waals surface area contributed by atoms with Crippen LogP contribution in [0.2, 0.25) is 0 Å². The van der Waals surface area contributed by atoms with Gasteiger partial charge in [0.15, 0.2) is 23.3 Å². The molecule has 5 aliphatic rings. The molecule has 0 spiro atoms. The Hall–Kier alpha value is -3.19. The molecule has 1 aliphatic heterocycles. The summed E-state index contributed by atoms with van der Waals surface area (Å²) in [5.74, 6) is -6.11. The second-order valence-electron chi connectivity index (χ2n) is 24.0. The maximum Gasteiger partial charge on any atom is 0.273 e. The number of ether oxygens (including phenoxy) is 6. The number of nitrogens with one attached hydrogen (secondary N) is 1. The second-order valence-corrected chi connectivity index (χ2v) is 35.4. The number of nitrogens with two attached hydrogens (primary N) is 1. The number of nitrogen functional groups attached to an aromatic ring is 1. The number of anilines is 2. The first kappa shape index (κ1) is 87.2. The average Bonchev–Trinajstić information content (AvgIpc) is 1.65. The molecule has 7 N–H and O–H groups in total. The standard InChI is InChI=1S/C20H21F3INO5S.C14H11F3INO.C11H22O5S.C7H13ClO4S.C7H14O3S.C4H8O2/c1-30-17-8-16(22)18(23)14(6-11-2-3-12(24)7-15(11)21)19(17)25-31(28,29)20(4-5-20)9-13(27)10-26;1-20-12-6-11(16)13(17)9(14(12)19)4-7-2-3-8(18)5-10(7)15;1-3-4-7-16-17(13,14)11(5-6-11)8-10(12)9-15-2;1-12-5-6(9)4-7(2-3-7)13(8,10)11;1-2-3-6-10-11(8,9)7-4-5-7;1-5-2-4-3-6-4/h2-3,7-8,13,25-27H,4-6,9-10H2,1H3;2-3,5-6H,4,19H2,1H3;10,12H,3-9H2,1-2H3;6,9H,2-5H2,1H3;7H,2-6H2,1H3;4H,2-3H2,1H3/t13-;;10-;6-;;4-/m1.11.0/s1. The molecule has 4 aromatic carbocycles. The molecule has 0 amide bonds. The van der Waals surface area contributed by atoms with Crippen molar-refractivity contribution in [1.29, 1.82) is 0 Å². The Labute approximate surface area is 602 Å². The summed E-state index contributed by atoms with van der Waals surface area (Å²) in [6, 6.07) is 10.3. The molecule has 35 heteroatoms. The highest BCUT2D eigenvalue weighted by molar-refractivity contribution is 14.1. The Morgan fingerprint density at radius 2 is 1.06 bits per heavy atom. The highest BCUT2D eigenvalue weighted by Crippen LogP contribution is 2.51. The largest absolute Gasteiger partial charge is 0.494 e. The van der Waals surface area contributed by atoms with Crippen LogP contribution in [0.3, 0.4) is 0 Å². The number of hydrogen-bond donors (Lipinski definition) is 6. The number of halogens is 9. The van der Waals surface area contributed by atoms with E-state index in [-0.39, 0.29) is 103 Å². The van der Waals surface area contributed by atoms with Crippen molar-refractivity contribution in [3.63, 3.8) is 0 Å². The summed E-state index contributed by atoms with van der Waals surface area (Å²) in [5, 5.41) is 37.6. The van der Waals surface area contributed by atoms with Crippen molar-refractivity contribution in [2.24, 2.45) is 0 Å². The zero-order valence-corrected chi connectivity index (χ0v) is 63.7. The zero-order chi connectivity index (χ0) is 73.6. The number of hydrogen-bond acceptors (Lipinski definition) is 21. The molecule has 558 valence electrons. The Balaban J connectivity index is 0.000000266. The Bertz CT molecular complexity index is 3690. The average molecular weight is 1730 g/mol. The van der Waals surface area contributed by atoms with Crippen LogP contribution in [0.5, 0.6) is 11.5 Å². The smallest absolute Gasteiger partial charge is 0.273 e. The van der Waals surface area contributed by atoms with E-state index in [1.54, 1.807) is 19.2 Å². The van der Waals surface area contributed by atoms with Gasteiger partial charge in [0.25, 0.3) is 20.2 Å². The molecular formula is C63H89ClF6I2N2O20S4. The van der Waals surface area contributed by atoms with Gasteiger partial charge >= 0.3 is 0 Å². The first-order chi connectivity index (χ1) is 45.9. The van der Waals surface area contributed by atoms with Crippen LogP contribution < -0.4 is 19.9 Å². The van der Waals surface area contributed by atoms with Crippen LogP contribution in [-0.4, -0.2) is 180 Å². The highest BCUT2D eigenvalue weighted by Gasteiger charge is 2.57. The predicted octanol–water partition coefficient (Wildman–Crippen LogP) is 10.1. The number of sulfonamides is 1. The topological polar surface area (TPSA) is 333 Å². The monoisotopic (exact) mass is 1720 g/mol. The van der Waals surface area contributed by atoms with E-state index in [1.165, 1.54) is 52.7 Å². The summed E-state index contributed by atoms with van der Waals surface area (Å²) in [7, 11) is -2.10. The molecule has 0 unspecified atom stereocenters. The molecule has 0 bridgehead atoms. The fraction of sp³-hybridized carbons (Fsp3) is 0.619. The van der Waals surface area contributed by atoms with Gasteiger partial charge in [-0.1, -0.05) is 38.8 Å². The summed E-state index contributed by atoms with van der Waals surface area (Å²) in [6.07, 6.45) is 4.96. The third-order valence-electron chi connectivity index (χ3n) is 16.0.